The number of hydrazine groups is 1. The van der Waals surface area contributed by atoms with Gasteiger partial charge in [0.15, 0.2) is 29.6 Å². The molecule has 2 amide bonds. The Hall–Kier alpha value is -4.21. The third kappa shape index (κ3) is 8.58. The minimum atomic E-state index is -0.726. The maximum Gasteiger partial charge on any atom is 0.331 e. The van der Waals surface area contributed by atoms with Gasteiger partial charge < -0.3 is 23.7 Å². The van der Waals surface area contributed by atoms with Crippen LogP contribution in [0.25, 0.3) is 6.08 Å². The Kier molecular flexibility index (Phi) is 10.9. The van der Waals surface area contributed by atoms with E-state index >= 15 is 0 Å². The van der Waals surface area contributed by atoms with Crippen LogP contribution in [0.1, 0.15) is 36.2 Å². The van der Waals surface area contributed by atoms with Crippen LogP contribution < -0.4 is 29.8 Å². The van der Waals surface area contributed by atoms with E-state index in [1.807, 2.05) is 13.8 Å². The minimum absolute atomic E-state index is 0.236. The monoisotopic (exact) mass is 486 g/mol. The lowest BCUT2D eigenvalue weighted by Crippen LogP contribution is -2.43. The van der Waals surface area contributed by atoms with Gasteiger partial charge in [-0.05, 0) is 55.3 Å². The zero-order valence-electron chi connectivity index (χ0n) is 20.2. The lowest BCUT2D eigenvalue weighted by molar-refractivity contribution is -0.144. The van der Waals surface area contributed by atoms with Crippen LogP contribution in [0.5, 0.6) is 23.0 Å². The predicted octanol–water partition coefficient (Wildman–Crippen LogP) is 2.91. The Morgan fingerprint density at radius 3 is 2.29 bits per heavy atom. The molecule has 0 unspecified atom stereocenters. The zero-order valence-corrected chi connectivity index (χ0v) is 20.2. The van der Waals surface area contributed by atoms with E-state index in [-0.39, 0.29) is 5.56 Å². The highest BCUT2D eigenvalue weighted by atomic mass is 16.5. The number of nitrogens with one attached hydrogen (secondary N) is 2. The molecule has 0 heterocycles. The van der Waals surface area contributed by atoms with E-state index in [9.17, 15) is 14.4 Å². The fourth-order valence-corrected chi connectivity index (χ4v) is 2.79. The Balaban J connectivity index is 1.84. The molecule has 0 saturated carbocycles. The van der Waals surface area contributed by atoms with Crippen LogP contribution in [0.3, 0.4) is 0 Å². The molecule has 0 aliphatic carbocycles. The van der Waals surface area contributed by atoms with E-state index in [0.29, 0.717) is 41.8 Å². The predicted molar refractivity (Wildman–Crippen MR) is 129 cm³/mol. The first-order valence-electron chi connectivity index (χ1n) is 11.0. The highest BCUT2D eigenvalue weighted by molar-refractivity contribution is 5.96. The van der Waals surface area contributed by atoms with Crippen molar-refractivity contribution in [3.8, 4) is 23.0 Å². The van der Waals surface area contributed by atoms with Gasteiger partial charge in [-0.2, -0.15) is 0 Å². The number of ether oxygens (including phenoxy) is 5. The van der Waals surface area contributed by atoms with E-state index in [1.54, 1.807) is 24.3 Å². The molecular formula is C25H30N2O8. The number of amides is 2. The summed E-state index contributed by atoms with van der Waals surface area (Å²) in [6.45, 7) is 4.33. The SMILES string of the molecule is CCCOc1ccc(/C=C/C(=O)OCC(=O)NNC(=O)c2ccc(OC)c(OC)c2)cc1OCC. The molecule has 0 atom stereocenters. The first kappa shape index (κ1) is 27.0. The lowest BCUT2D eigenvalue weighted by atomic mass is 10.2. The Bertz CT molecular complexity index is 1050. The summed E-state index contributed by atoms with van der Waals surface area (Å²) in [6.07, 6.45) is 3.59. The Morgan fingerprint density at radius 1 is 0.857 bits per heavy atom. The topological polar surface area (TPSA) is 121 Å². The summed E-state index contributed by atoms with van der Waals surface area (Å²) in [5, 5.41) is 0. The van der Waals surface area contributed by atoms with Gasteiger partial charge in [-0.1, -0.05) is 13.0 Å². The van der Waals surface area contributed by atoms with Crippen LogP contribution >= 0.6 is 0 Å². The minimum Gasteiger partial charge on any atom is -0.493 e. The molecule has 35 heavy (non-hydrogen) atoms. The summed E-state index contributed by atoms with van der Waals surface area (Å²) in [4.78, 5) is 36.1. The molecule has 0 spiro atoms. The number of hydrogen-bond donors (Lipinski definition) is 2. The molecule has 0 saturated heterocycles. The Morgan fingerprint density at radius 2 is 1.60 bits per heavy atom. The van der Waals surface area contributed by atoms with Crippen molar-refractivity contribution in [2.75, 3.05) is 34.0 Å². The largest absolute Gasteiger partial charge is 0.493 e. The summed E-state index contributed by atoms with van der Waals surface area (Å²) in [5.41, 5.74) is 5.35. The number of benzene rings is 2. The van der Waals surface area contributed by atoms with Crippen LogP contribution in [-0.2, 0) is 14.3 Å². The van der Waals surface area contributed by atoms with Gasteiger partial charge in [-0.15, -0.1) is 0 Å². The quantitative estimate of drug-likeness (QED) is 0.267. The second-order valence-corrected chi connectivity index (χ2v) is 7.00. The van der Waals surface area contributed by atoms with Gasteiger partial charge in [0.25, 0.3) is 11.8 Å². The van der Waals surface area contributed by atoms with Crippen molar-refractivity contribution < 1.29 is 38.1 Å². The number of hydrogen-bond acceptors (Lipinski definition) is 8. The van der Waals surface area contributed by atoms with Crippen molar-refractivity contribution in [2.45, 2.75) is 20.3 Å². The molecule has 0 radical (unpaired) electrons. The maximum absolute atomic E-state index is 12.2. The van der Waals surface area contributed by atoms with Crippen molar-refractivity contribution in [1.29, 1.82) is 0 Å². The average molecular weight is 487 g/mol. The van der Waals surface area contributed by atoms with Gasteiger partial charge in [0.1, 0.15) is 0 Å². The average Bonchev–Trinajstić information content (AvgIpc) is 2.88. The molecule has 2 aromatic rings. The summed E-state index contributed by atoms with van der Waals surface area (Å²) in [5.74, 6) is 0.00203. The molecule has 0 bridgehead atoms. The van der Waals surface area contributed by atoms with Crippen molar-refractivity contribution in [2.24, 2.45) is 0 Å². The summed E-state index contributed by atoms with van der Waals surface area (Å²) >= 11 is 0. The van der Waals surface area contributed by atoms with Crippen LogP contribution in [0.4, 0.5) is 0 Å². The summed E-state index contributed by atoms with van der Waals surface area (Å²) in [6, 6.07) is 9.81. The van der Waals surface area contributed by atoms with Crippen molar-refractivity contribution in [3.05, 3.63) is 53.6 Å². The number of esters is 1. The number of methoxy groups -OCH3 is 2. The lowest BCUT2D eigenvalue weighted by Gasteiger charge is -2.12. The van der Waals surface area contributed by atoms with E-state index in [1.165, 1.54) is 38.5 Å². The standard InChI is InChI=1S/C25H30N2O8/c1-5-13-34-20-10-7-17(14-22(20)33-6-2)8-12-24(29)35-16-23(28)26-27-25(30)18-9-11-19(31-3)21(15-18)32-4/h7-12,14-15H,5-6,13,16H2,1-4H3,(H,26,28)(H,27,30)/b12-8+. The summed E-state index contributed by atoms with van der Waals surface area (Å²) < 4.78 is 26.4. The third-order valence-electron chi connectivity index (χ3n) is 4.45. The summed E-state index contributed by atoms with van der Waals surface area (Å²) in [7, 11) is 2.92. The van der Waals surface area contributed by atoms with Crippen molar-refractivity contribution >= 4 is 23.9 Å². The molecular weight excluding hydrogens is 456 g/mol. The Labute approximate surface area is 204 Å². The normalized spacial score (nSPS) is 10.4. The van der Waals surface area contributed by atoms with Crippen LogP contribution in [0, 0.1) is 0 Å². The molecule has 0 aromatic heterocycles. The molecule has 2 aromatic carbocycles. The van der Waals surface area contributed by atoms with Gasteiger partial charge >= 0.3 is 5.97 Å². The van der Waals surface area contributed by atoms with Gasteiger partial charge in [-0.3, -0.25) is 20.4 Å². The van der Waals surface area contributed by atoms with Gasteiger partial charge in [0, 0.05) is 11.6 Å². The highest BCUT2D eigenvalue weighted by Gasteiger charge is 2.12. The smallest absolute Gasteiger partial charge is 0.331 e. The fraction of sp³-hybridized carbons (Fsp3) is 0.320. The second-order valence-electron chi connectivity index (χ2n) is 7.00. The van der Waals surface area contributed by atoms with E-state index < -0.39 is 24.4 Å². The molecule has 0 aliphatic heterocycles. The fourth-order valence-electron chi connectivity index (χ4n) is 2.79. The maximum atomic E-state index is 12.2. The van der Waals surface area contributed by atoms with E-state index in [2.05, 4.69) is 10.9 Å². The third-order valence-corrected chi connectivity index (χ3v) is 4.45. The molecule has 0 fully saturated rings. The zero-order chi connectivity index (χ0) is 25.6. The van der Waals surface area contributed by atoms with Gasteiger partial charge in [0.2, 0.25) is 0 Å². The van der Waals surface area contributed by atoms with E-state index in [0.717, 1.165) is 6.42 Å². The van der Waals surface area contributed by atoms with Gasteiger partial charge in [0.05, 0.1) is 27.4 Å². The van der Waals surface area contributed by atoms with Crippen molar-refractivity contribution in [1.82, 2.24) is 10.9 Å². The number of carbonyl (C=O) groups excluding carboxylic acids is 3. The molecule has 2 N–H and O–H groups in total. The molecule has 188 valence electrons. The van der Waals surface area contributed by atoms with Crippen LogP contribution in [0.2, 0.25) is 0 Å². The molecule has 0 aliphatic rings. The molecule has 10 nitrogen and oxygen atoms in total. The highest BCUT2D eigenvalue weighted by Crippen LogP contribution is 2.29. The van der Waals surface area contributed by atoms with Gasteiger partial charge in [-0.25, -0.2) is 4.79 Å². The van der Waals surface area contributed by atoms with Crippen molar-refractivity contribution in [3.63, 3.8) is 0 Å². The van der Waals surface area contributed by atoms with E-state index in [4.69, 9.17) is 23.7 Å². The number of rotatable bonds is 12. The van der Waals surface area contributed by atoms with Crippen LogP contribution in [-0.4, -0.2) is 51.8 Å². The first-order chi connectivity index (χ1) is 16.9. The molecule has 2 rings (SSSR count). The first-order valence-corrected chi connectivity index (χ1v) is 11.0. The van der Waals surface area contributed by atoms with Crippen LogP contribution in [0.15, 0.2) is 42.5 Å². The molecule has 10 heteroatoms. The number of carbonyl (C=O) groups is 3. The second kappa shape index (κ2) is 14.1.